The molecule has 1 saturated heterocycles. The molecule has 1 aromatic rings. The molecule has 6 nitrogen and oxygen atoms in total. The minimum atomic E-state index is -4.91. The lowest BCUT2D eigenvalue weighted by Crippen LogP contribution is -2.34. The molecule has 108 valence electrons. The quantitative estimate of drug-likeness (QED) is 0.838. The highest BCUT2D eigenvalue weighted by Crippen LogP contribution is 2.22. The molecule has 1 N–H and O–H groups in total. The number of nitrogens with zero attached hydrogens (tertiary/aromatic N) is 1. The van der Waals surface area contributed by atoms with E-state index >= 15 is 0 Å². The zero-order valence-electron chi connectivity index (χ0n) is 10.5. The first-order chi connectivity index (χ1) is 9.38. The molecule has 1 aromatic carbocycles. The van der Waals surface area contributed by atoms with Gasteiger partial charge in [-0.15, -0.1) is 3.89 Å². The first-order valence-corrected chi connectivity index (χ1v) is 7.37. The van der Waals surface area contributed by atoms with E-state index in [-0.39, 0.29) is 18.1 Å². The van der Waals surface area contributed by atoms with E-state index in [1.54, 1.807) is 0 Å². The van der Waals surface area contributed by atoms with Crippen LogP contribution in [0.4, 0.5) is 9.57 Å². The molecule has 1 aliphatic rings. The largest absolute Gasteiger partial charge is 0.334 e. The number of para-hydroxylation sites is 1. The van der Waals surface area contributed by atoms with Crippen molar-refractivity contribution in [2.24, 2.45) is 0 Å². The molecule has 1 fully saturated rings. The van der Waals surface area contributed by atoms with Gasteiger partial charge >= 0.3 is 10.2 Å². The summed E-state index contributed by atoms with van der Waals surface area (Å²) in [5, 5.41) is 2.31. The van der Waals surface area contributed by atoms with Gasteiger partial charge in [-0.2, -0.15) is 8.42 Å². The summed E-state index contributed by atoms with van der Waals surface area (Å²) >= 11 is 0. The number of nitrogens with one attached hydrogen (secondary N) is 1. The normalized spacial score (nSPS) is 15.4. The van der Waals surface area contributed by atoms with E-state index in [1.807, 2.05) is 0 Å². The fourth-order valence-electron chi connectivity index (χ4n) is 2.02. The third-order valence-corrected chi connectivity index (χ3v) is 3.81. The van der Waals surface area contributed by atoms with Crippen LogP contribution in [0, 0.1) is 0 Å². The molecule has 0 bridgehead atoms. The van der Waals surface area contributed by atoms with E-state index in [4.69, 9.17) is 0 Å². The van der Waals surface area contributed by atoms with E-state index in [2.05, 4.69) is 5.32 Å². The molecule has 0 aliphatic carbocycles. The molecule has 2 rings (SSSR count). The standard InChI is InChI=1S/C12H13FN2O4S/c13-20(18,19)10-5-2-1-4-9(10)14-11(16)8-15-7-3-6-12(15)17/h1-2,4-5H,3,6-8H2,(H,14,16). The number of rotatable bonds is 4. The average molecular weight is 300 g/mol. The lowest BCUT2D eigenvalue weighted by Gasteiger charge is -2.15. The van der Waals surface area contributed by atoms with Gasteiger partial charge < -0.3 is 10.2 Å². The molecule has 0 unspecified atom stereocenters. The maximum Gasteiger partial charge on any atom is 0.334 e. The van der Waals surface area contributed by atoms with Gasteiger partial charge in [0.25, 0.3) is 0 Å². The molecule has 2 amide bonds. The number of amides is 2. The van der Waals surface area contributed by atoms with E-state index in [0.29, 0.717) is 19.4 Å². The van der Waals surface area contributed by atoms with Crippen LogP contribution in [-0.4, -0.2) is 38.2 Å². The van der Waals surface area contributed by atoms with Gasteiger partial charge in [0.1, 0.15) is 4.90 Å². The van der Waals surface area contributed by atoms with Crippen molar-refractivity contribution in [2.75, 3.05) is 18.4 Å². The van der Waals surface area contributed by atoms with Gasteiger partial charge in [-0.25, -0.2) is 0 Å². The van der Waals surface area contributed by atoms with E-state index < -0.39 is 21.0 Å². The number of hydrogen-bond acceptors (Lipinski definition) is 4. The number of anilines is 1. The van der Waals surface area contributed by atoms with Crippen LogP contribution in [-0.2, 0) is 19.8 Å². The van der Waals surface area contributed by atoms with Crippen molar-refractivity contribution < 1.29 is 21.9 Å². The van der Waals surface area contributed by atoms with Crippen molar-refractivity contribution in [2.45, 2.75) is 17.7 Å². The van der Waals surface area contributed by atoms with Crippen LogP contribution in [0.25, 0.3) is 0 Å². The number of likely N-dealkylation sites (tertiary alicyclic amines) is 1. The monoisotopic (exact) mass is 300 g/mol. The number of halogens is 1. The summed E-state index contributed by atoms with van der Waals surface area (Å²) in [7, 11) is -4.91. The summed E-state index contributed by atoms with van der Waals surface area (Å²) in [6, 6.07) is 5.18. The highest BCUT2D eigenvalue weighted by atomic mass is 32.3. The maximum absolute atomic E-state index is 13.1. The van der Waals surface area contributed by atoms with Crippen molar-refractivity contribution in [3.05, 3.63) is 24.3 Å². The van der Waals surface area contributed by atoms with E-state index in [1.165, 1.54) is 23.1 Å². The maximum atomic E-state index is 13.1. The molecule has 20 heavy (non-hydrogen) atoms. The van der Waals surface area contributed by atoms with Crippen LogP contribution in [0.1, 0.15) is 12.8 Å². The second-order valence-electron chi connectivity index (χ2n) is 4.40. The Hall–Kier alpha value is -1.96. The Kier molecular flexibility index (Phi) is 4.03. The molecule has 0 spiro atoms. The zero-order valence-corrected chi connectivity index (χ0v) is 11.3. The van der Waals surface area contributed by atoms with Crippen molar-refractivity contribution in [3.8, 4) is 0 Å². The van der Waals surface area contributed by atoms with Crippen LogP contribution in [0.3, 0.4) is 0 Å². The van der Waals surface area contributed by atoms with Gasteiger partial charge in [-0.05, 0) is 18.6 Å². The number of benzene rings is 1. The van der Waals surface area contributed by atoms with Gasteiger partial charge in [-0.3, -0.25) is 9.59 Å². The van der Waals surface area contributed by atoms with Crippen LogP contribution < -0.4 is 5.32 Å². The van der Waals surface area contributed by atoms with Crippen molar-refractivity contribution in [1.29, 1.82) is 0 Å². The lowest BCUT2D eigenvalue weighted by atomic mass is 10.3. The Morgan fingerprint density at radius 1 is 1.35 bits per heavy atom. The van der Waals surface area contributed by atoms with E-state index in [0.717, 1.165) is 6.07 Å². The van der Waals surface area contributed by atoms with Crippen LogP contribution in [0.2, 0.25) is 0 Å². The van der Waals surface area contributed by atoms with Gasteiger partial charge in [0, 0.05) is 13.0 Å². The summed E-state index contributed by atoms with van der Waals surface area (Å²) in [4.78, 5) is 23.9. The Balaban J connectivity index is 2.10. The summed E-state index contributed by atoms with van der Waals surface area (Å²) in [5.74, 6) is -0.678. The van der Waals surface area contributed by atoms with Crippen molar-refractivity contribution in [3.63, 3.8) is 0 Å². The minimum Gasteiger partial charge on any atom is -0.333 e. The summed E-state index contributed by atoms with van der Waals surface area (Å²) in [6.45, 7) is 0.328. The van der Waals surface area contributed by atoms with Crippen LogP contribution in [0.5, 0.6) is 0 Å². The van der Waals surface area contributed by atoms with Gasteiger partial charge in [0.2, 0.25) is 11.8 Å². The molecule has 0 aromatic heterocycles. The Morgan fingerprint density at radius 2 is 2.05 bits per heavy atom. The van der Waals surface area contributed by atoms with Crippen LogP contribution in [0.15, 0.2) is 29.2 Å². The Labute approximate surface area is 115 Å². The topological polar surface area (TPSA) is 83.6 Å². The first kappa shape index (κ1) is 14.4. The third kappa shape index (κ3) is 3.32. The third-order valence-electron chi connectivity index (χ3n) is 2.93. The Bertz CT molecular complexity index is 645. The number of carbonyl (C=O) groups is 2. The molecule has 1 heterocycles. The zero-order chi connectivity index (χ0) is 14.8. The smallest absolute Gasteiger partial charge is 0.333 e. The predicted octanol–water partition coefficient (Wildman–Crippen LogP) is 0.906. The van der Waals surface area contributed by atoms with Gasteiger partial charge in [-0.1, -0.05) is 12.1 Å². The molecular formula is C12H13FN2O4S. The fraction of sp³-hybridized carbons (Fsp3) is 0.333. The fourth-order valence-corrected chi connectivity index (χ4v) is 2.64. The molecule has 0 saturated carbocycles. The Morgan fingerprint density at radius 3 is 2.65 bits per heavy atom. The first-order valence-electron chi connectivity index (χ1n) is 5.99. The second-order valence-corrected chi connectivity index (χ2v) is 5.72. The molecule has 1 aliphatic heterocycles. The van der Waals surface area contributed by atoms with E-state index in [9.17, 15) is 21.9 Å². The van der Waals surface area contributed by atoms with Crippen molar-refractivity contribution >= 4 is 27.7 Å². The lowest BCUT2D eigenvalue weighted by molar-refractivity contribution is -0.131. The summed E-state index contributed by atoms with van der Waals surface area (Å²) in [5.41, 5.74) is -0.133. The summed E-state index contributed by atoms with van der Waals surface area (Å²) in [6.07, 6.45) is 1.10. The average Bonchev–Trinajstić information content (AvgIpc) is 2.74. The minimum absolute atomic E-state index is 0.119. The van der Waals surface area contributed by atoms with Gasteiger partial charge in [0.05, 0.1) is 12.2 Å². The number of hydrogen-bond donors (Lipinski definition) is 1. The highest BCUT2D eigenvalue weighted by Gasteiger charge is 2.23. The molecule has 0 radical (unpaired) electrons. The highest BCUT2D eigenvalue weighted by molar-refractivity contribution is 7.86. The molecule has 8 heteroatoms. The second kappa shape index (κ2) is 5.58. The molecule has 0 atom stereocenters. The van der Waals surface area contributed by atoms with Crippen LogP contribution >= 0.6 is 0 Å². The summed E-state index contributed by atoms with van der Waals surface area (Å²) < 4.78 is 35.0. The SMILES string of the molecule is O=C(CN1CCCC1=O)Nc1ccccc1S(=O)(=O)F. The molecular weight excluding hydrogens is 287 g/mol. The number of carbonyl (C=O) groups excluding carboxylic acids is 2. The predicted molar refractivity (Wildman–Crippen MR) is 69.2 cm³/mol. The van der Waals surface area contributed by atoms with Gasteiger partial charge in [0.15, 0.2) is 0 Å². The van der Waals surface area contributed by atoms with Crippen molar-refractivity contribution in [1.82, 2.24) is 4.90 Å².